The Balaban J connectivity index is 0.00000128. The summed E-state index contributed by atoms with van der Waals surface area (Å²) in [5.74, 6) is 0. The van der Waals surface area contributed by atoms with Crippen LogP contribution in [0.25, 0.3) is 0 Å². The zero-order valence-corrected chi connectivity index (χ0v) is 12.5. The summed E-state index contributed by atoms with van der Waals surface area (Å²) in [6.07, 6.45) is 0. The summed E-state index contributed by atoms with van der Waals surface area (Å²) in [6, 6.07) is 22.8. The molecule has 0 radical (unpaired) electrons. The first-order valence-electron chi connectivity index (χ1n) is 5.15. The molecule has 0 aromatic heterocycles. The summed E-state index contributed by atoms with van der Waals surface area (Å²) in [4.78, 5) is 0. The van der Waals surface area contributed by atoms with Crippen molar-refractivity contribution < 1.29 is 21.1 Å². The molecular formula is C15H14W. The second-order valence-electron chi connectivity index (χ2n) is 4.18. The second kappa shape index (κ2) is 5.45. The summed E-state index contributed by atoms with van der Waals surface area (Å²) in [7, 11) is 0. The number of benzene rings is 2. The number of hydrogen-bond donors (Lipinski definition) is 0. The van der Waals surface area contributed by atoms with E-state index in [1.165, 1.54) is 11.1 Å². The van der Waals surface area contributed by atoms with Crippen LogP contribution in [0.15, 0.2) is 48.5 Å². The van der Waals surface area contributed by atoms with Crippen LogP contribution in [0.1, 0.15) is 25.0 Å². The Kier molecular flexibility index (Phi) is 4.50. The van der Waals surface area contributed by atoms with Gasteiger partial charge in [0.25, 0.3) is 0 Å². The Morgan fingerprint density at radius 3 is 1.56 bits per heavy atom. The fraction of sp³-hybridized carbons (Fsp3) is 0.200. The van der Waals surface area contributed by atoms with Crippen molar-refractivity contribution in [3.63, 3.8) is 0 Å². The van der Waals surface area contributed by atoms with Gasteiger partial charge in [0.2, 0.25) is 0 Å². The molecule has 0 saturated heterocycles. The molecule has 0 spiro atoms. The molecule has 2 aromatic rings. The van der Waals surface area contributed by atoms with E-state index in [9.17, 15) is 0 Å². The predicted octanol–water partition coefficient (Wildman–Crippen LogP) is 3.61. The first-order valence-corrected chi connectivity index (χ1v) is 5.15. The predicted molar refractivity (Wildman–Crippen MR) is 62.7 cm³/mol. The standard InChI is InChI=1S/C15H14.W/c1-15(2,13-9-5-3-6-10-13)14-11-7-4-8-12-14;/h3-9,11H,1-2H3;/q-2;+2. The molecule has 0 amide bonds. The largest absolute Gasteiger partial charge is 2.00 e. The molecule has 0 fully saturated rings. The van der Waals surface area contributed by atoms with Crippen LogP contribution >= 0.6 is 0 Å². The SMILES string of the molecule is CC(C)(c1[c-]cccc1)c1[c-]cccc1.[W+2]. The maximum Gasteiger partial charge on any atom is 2.00 e. The Morgan fingerprint density at radius 1 is 0.812 bits per heavy atom. The van der Waals surface area contributed by atoms with Crippen molar-refractivity contribution in [3.8, 4) is 0 Å². The third-order valence-corrected chi connectivity index (χ3v) is 2.76. The van der Waals surface area contributed by atoms with Crippen LogP contribution < -0.4 is 0 Å². The van der Waals surface area contributed by atoms with Crippen molar-refractivity contribution in [1.29, 1.82) is 0 Å². The molecule has 1 heteroatoms. The fourth-order valence-corrected chi connectivity index (χ4v) is 1.71. The van der Waals surface area contributed by atoms with Gasteiger partial charge < -0.3 is 0 Å². The van der Waals surface area contributed by atoms with Crippen molar-refractivity contribution in [1.82, 2.24) is 0 Å². The van der Waals surface area contributed by atoms with Crippen LogP contribution in [-0.4, -0.2) is 0 Å². The monoisotopic (exact) mass is 378 g/mol. The van der Waals surface area contributed by atoms with Crippen LogP contribution in [0.4, 0.5) is 0 Å². The van der Waals surface area contributed by atoms with E-state index in [4.69, 9.17) is 0 Å². The minimum atomic E-state index is -0.0253. The second-order valence-corrected chi connectivity index (χ2v) is 4.18. The maximum atomic E-state index is 3.29. The molecule has 16 heavy (non-hydrogen) atoms. The van der Waals surface area contributed by atoms with Gasteiger partial charge in [0.05, 0.1) is 0 Å². The van der Waals surface area contributed by atoms with Gasteiger partial charge in [0.15, 0.2) is 0 Å². The molecule has 0 atom stereocenters. The van der Waals surface area contributed by atoms with Gasteiger partial charge in [-0.3, -0.25) is 0 Å². The quantitative estimate of drug-likeness (QED) is 0.701. The van der Waals surface area contributed by atoms with Gasteiger partial charge in [-0.25, -0.2) is 0 Å². The zero-order valence-electron chi connectivity index (χ0n) is 9.53. The molecule has 0 aliphatic carbocycles. The molecular weight excluding hydrogens is 364 g/mol. The zero-order chi connectivity index (χ0) is 10.7. The van der Waals surface area contributed by atoms with Crippen LogP contribution in [0.2, 0.25) is 0 Å². The first kappa shape index (κ1) is 13.2. The normalized spacial score (nSPS) is 10.6. The van der Waals surface area contributed by atoms with Crippen molar-refractivity contribution in [2.45, 2.75) is 19.3 Å². The van der Waals surface area contributed by atoms with Crippen molar-refractivity contribution >= 4 is 0 Å². The molecule has 2 aromatic carbocycles. The van der Waals surface area contributed by atoms with Gasteiger partial charge in [-0.05, 0) is 5.41 Å². The molecule has 0 heterocycles. The van der Waals surface area contributed by atoms with Gasteiger partial charge >= 0.3 is 21.1 Å². The Morgan fingerprint density at radius 2 is 1.25 bits per heavy atom. The Bertz CT molecular complexity index is 376. The summed E-state index contributed by atoms with van der Waals surface area (Å²) < 4.78 is 0. The van der Waals surface area contributed by atoms with Crippen molar-refractivity contribution in [2.24, 2.45) is 0 Å². The van der Waals surface area contributed by atoms with Crippen LogP contribution in [0.5, 0.6) is 0 Å². The molecule has 0 aliphatic rings. The topological polar surface area (TPSA) is 0 Å². The smallest absolute Gasteiger partial charge is 0.180 e. The average Bonchev–Trinajstić information content (AvgIpc) is 2.31. The van der Waals surface area contributed by atoms with E-state index in [1.807, 2.05) is 24.3 Å². The third kappa shape index (κ3) is 2.62. The first-order chi connectivity index (χ1) is 7.21. The van der Waals surface area contributed by atoms with E-state index in [-0.39, 0.29) is 26.5 Å². The van der Waals surface area contributed by atoms with Gasteiger partial charge in [-0.1, -0.05) is 13.8 Å². The summed E-state index contributed by atoms with van der Waals surface area (Å²) >= 11 is 0. The van der Waals surface area contributed by atoms with Gasteiger partial charge in [0.1, 0.15) is 0 Å². The van der Waals surface area contributed by atoms with Gasteiger partial charge in [-0.2, -0.15) is 71.8 Å². The summed E-state index contributed by atoms with van der Waals surface area (Å²) in [5, 5.41) is 0. The summed E-state index contributed by atoms with van der Waals surface area (Å²) in [6.45, 7) is 4.40. The number of hydrogen-bond acceptors (Lipinski definition) is 0. The van der Waals surface area contributed by atoms with E-state index in [1.54, 1.807) is 0 Å². The average molecular weight is 378 g/mol. The molecule has 0 saturated carbocycles. The van der Waals surface area contributed by atoms with E-state index >= 15 is 0 Å². The third-order valence-electron chi connectivity index (χ3n) is 2.76. The maximum absolute atomic E-state index is 3.29. The molecule has 0 unspecified atom stereocenters. The van der Waals surface area contributed by atoms with E-state index in [2.05, 4.69) is 50.2 Å². The van der Waals surface area contributed by atoms with Crippen LogP contribution in [0.3, 0.4) is 0 Å². The van der Waals surface area contributed by atoms with E-state index in [0.29, 0.717) is 0 Å². The van der Waals surface area contributed by atoms with E-state index < -0.39 is 0 Å². The Hall–Kier alpha value is -0.872. The van der Waals surface area contributed by atoms with Crippen LogP contribution in [-0.2, 0) is 26.5 Å². The molecule has 0 aliphatic heterocycles. The van der Waals surface area contributed by atoms with Crippen molar-refractivity contribution in [3.05, 3.63) is 71.8 Å². The minimum absolute atomic E-state index is 0. The molecule has 0 bridgehead atoms. The van der Waals surface area contributed by atoms with E-state index in [0.717, 1.165) is 0 Å². The Labute approximate surface area is 112 Å². The van der Waals surface area contributed by atoms with Gasteiger partial charge in [-0.15, -0.1) is 0 Å². The number of rotatable bonds is 2. The van der Waals surface area contributed by atoms with Crippen molar-refractivity contribution in [2.75, 3.05) is 0 Å². The van der Waals surface area contributed by atoms with Crippen LogP contribution in [0, 0.1) is 12.1 Å². The summed E-state index contributed by atoms with van der Waals surface area (Å²) in [5.41, 5.74) is 2.38. The molecule has 0 N–H and O–H groups in total. The molecule has 0 nitrogen and oxygen atoms in total. The fourth-order valence-electron chi connectivity index (χ4n) is 1.71. The molecule has 80 valence electrons. The minimum Gasteiger partial charge on any atom is -0.180 e. The van der Waals surface area contributed by atoms with Gasteiger partial charge in [0, 0.05) is 0 Å². The molecule has 2 rings (SSSR count).